The number of fused-ring (bicyclic) bond motifs is 1. The number of hydrogen-bond acceptors (Lipinski definition) is 6. The van der Waals surface area contributed by atoms with Crippen LogP contribution in [0.2, 0.25) is 0 Å². The number of Topliss-reactive ketones (excluding diaryl/α,β-unsaturated/α-hetero) is 1. The largest absolute Gasteiger partial charge is 0.508 e. The van der Waals surface area contributed by atoms with Gasteiger partial charge in [0.15, 0.2) is 5.78 Å². The lowest BCUT2D eigenvalue weighted by molar-refractivity contribution is 0.0942. The molecule has 2 aliphatic heterocycles. The summed E-state index contributed by atoms with van der Waals surface area (Å²) in [5, 5.41) is 19.8. The van der Waals surface area contributed by atoms with Crippen molar-refractivity contribution in [2.75, 3.05) is 26.2 Å². The van der Waals surface area contributed by atoms with Gasteiger partial charge in [-0.25, -0.2) is 0 Å². The molecule has 1 atom stereocenters. The maximum absolute atomic E-state index is 13.9. The summed E-state index contributed by atoms with van der Waals surface area (Å²) in [5.74, 6) is 1.11. The Bertz CT molecular complexity index is 1160. The average molecular weight is 476 g/mol. The van der Waals surface area contributed by atoms with Gasteiger partial charge >= 0.3 is 0 Å². The molecule has 6 heteroatoms. The molecule has 0 bridgehead atoms. The van der Waals surface area contributed by atoms with Crippen LogP contribution in [0.1, 0.15) is 40.7 Å². The monoisotopic (exact) mass is 475 g/mol. The Kier molecular flexibility index (Phi) is 6.53. The number of likely N-dealkylation sites (tertiary alicyclic amines) is 1. The number of phenolic OH excluding ortho intramolecular Hbond substituents is 2. The van der Waals surface area contributed by atoms with Crippen LogP contribution in [0.5, 0.6) is 17.2 Å². The zero-order chi connectivity index (χ0) is 23.5. The predicted molar refractivity (Wildman–Crippen MR) is 134 cm³/mol. The van der Waals surface area contributed by atoms with Gasteiger partial charge in [-0.1, -0.05) is 24.6 Å². The predicted octanol–water partition coefficient (Wildman–Crippen LogP) is 5.39. The lowest BCUT2D eigenvalue weighted by Gasteiger charge is -2.27. The molecule has 1 fully saturated rings. The van der Waals surface area contributed by atoms with Crippen molar-refractivity contribution in [2.24, 2.45) is 0 Å². The van der Waals surface area contributed by atoms with Crippen LogP contribution in [0.25, 0.3) is 0 Å². The van der Waals surface area contributed by atoms with E-state index in [1.807, 2.05) is 42.5 Å². The van der Waals surface area contributed by atoms with Gasteiger partial charge in [-0.3, -0.25) is 9.69 Å². The molecule has 1 saturated heterocycles. The first-order chi connectivity index (χ1) is 16.5. The fraction of sp³-hybridized carbons (Fsp3) is 0.321. The van der Waals surface area contributed by atoms with Gasteiger partial charge in [0, 0.05) is 23.4 Å². The van der Waals surface area contributed by atoms with E-state index in [1.165, 1.54) is 31.0 Å². The lowest BCUT2D eigenvalue weighted by Crippen LogP contribution is -2.33. The van der Waals surface area contributed by atoms with Gasteiger partial charge < -0.3 is 14.9 Å². The van der Waals surface area contributed by atoms with E-state index >= 15 is 0 Å². The number of benzene rings is 3. The number of nitrogens with zero attached hydrogens (tertiary/aromatic N) is 1. The third-order valence-electron chi connectivity index (χ3n) is 6.72. The normalized spacial score (nSPS) is 20.1. The molecule has 2 N–H and O–H groups in total. The van der Waals surface area contributed by atoms with Crippen LogP contribution >= 0.6 is 11.8 Å². The zero-order valence-corrected chi connectivity index (χ0v) is 19.9. The Hall–Kier alpha value is -2.96. The third-order valence-corrected chi connectivity index (χ3v) is 8.23. The van der Waals surface area contributed by atoms with E-state index in [-0.39, 0.29) is 17.3 Å². The molecule has 2 aliphatic rings. The molecule has 34 heavy (non-hydrogen) atoms. The topological polar surface area (TPSA) is 70.0 Å². The first kappa shape index (κ1) is 22.8. The van der Waals surface area contributed by atoms with E-state index in [1.54, 1.807) is 24.3 Å². The summed E-state index contributed by atoms with van der Waals surface area (Å²) in [5.41, 5.74) is 2.47. The number of hydrogen-bond donors (Lipinski definition) is 2. The SMILES string of the molecule is O=C(c1ccc(OCCN2CCCCC2)cc1)C1(c2ccc(O)cc2)Cc2ccc(O)cc2S1. The first-order valence-corrected chi connectivity index (χ1v) is 12.7. The number of ether oxygens (including phenoxy) is 1. The van der Waals surface area contributed by atoms with Crippen molar-refractivity contribution in [1.29, 1.82) is 0 Å². The summed E-state index contributed by atoms with van der Waals surface area (Å²) >= 11 is 1.47. The van der Waals surface area contributed by atoms with Gasteiger partial charge in [0.2, 0.25) is 0 Å². The molecule has 0 spiro atoms. The van der Waals surface area contributed by atoms with Gasteiger partial charge in [0.1, 0.15) is 28.6 Å². The molecule has 0 radical (unpaired) electrons. The van der Waals surface area contributed by atoms with Crippen LogP contribution < -0.4 is 4.74 Å². The highest BCUT2D eigenvalue weighted by atomic mass is 32.2. The van der Waals surface area contributed by atoms with Crippen LogP contribution in [0, 0.1) is 0 Å². The van der Waals surface area contributed by atoms with Crippen molar-refractivity contribution < 1.29 is 19.7 Å². The van der Waals surface area contributed by atoms with E-state index in [2.05, 4.69) is 4.90 Å². The van der Waals surface area contributed by atoms with Gasteiger partial charge in [-0.05, 0) is 85.6 Å². The van der Waals surface area contributed by atoms with Gasteiger partial charge in [-0.2, -0.15) is 0 Å². The third kappa shape index (κ3) is 4.65. The van der Waals surface area contributed by atoms with Gasteiger partial charge in [-0.15, -0.1) is 11.8 Å². The van der Waals surface area contributed by atoms with E-state index in [9.17, 15) is 15.0 Å². The molecule has 3 aromatic rings. The molecule has 0 amide bonds. The van der Waals surface area contributed by atoms with Crippen LogP contribution in [0.15, 0.2) is 71.6 Å². The second kappa shape index (κ2) is 9.72. The minimum atomic E-state index is -0.861. The molecular formula is C28H29NO4S. The lowest BCUT2D eigenvalue weighted by atomic mass is 9.85. The molecular weight excluding hydrogens is 446 g/mol. The molecule has 0 saturated carbocycles. The summed E-state index contributed by atoms with van der Waals surface area (Å²) in [7, 11) is 0. The first-order valence-electron chi connectivity index (χ1n) is 11.8. The number of rotatable bonds is 7. The fourth-order valence-electron chi connectivity index (χ4n) is 4.84. The highest BCUT2D eigenvalue weighted by Crippen LogP contribution is 2.54. The number of phenols is 2. The average Bonchev–Trinajstić information content (AvgIpc) is 3.25. The Morgan fingerprint density at radius 1 is 0.912 bits per heavy atom. The van der Waals surface area contributed by atoms with Crippen molar-refractivity contribution in [3.63, 3.8) is 0 Å². The summed E-state index contributed by atoms with van der Waals surface area (Å²) in [6, 6.07) is 19.5. The van der Waals surface area contributed by atoms with Gasteiger partial charge in [0.05, 0.1) is 0 Å². The number of ketones is 1. The minimum absolute atomic E-state index is 0.00116. The standard InChI is InChI=1S/C28H29NO4S/c30-23-10-7-22(8-11-23)28(19-21-4-9-24(31)18-26(21)34-28)27(32)20-5-12-25(13-6-20)33-17-16-29-14-2-1-3-15-29/h4-13,18,30-31H,1-3,14-17,19H2. The molecule has 0 aromatic heterocycles. The van der Waals surface area contributed by atoms with E-state index < -0.39 is 4.75 Å². The second-order valence-corrected chi connectivity index (χ2v) is 10.4. The minimum Gasteiger partial charge on any atom is -0.508 e. The smallest absolute Gasteiger partial charge is 0.184 e. The summed E-state index contributed by atoms with van der Waals surface area (Å²) < 4.78 is 5.08. The summed E-state index contributed by atoms with van der Waals surface area (Å²) in [6.07, 6.45) is 4.37. The van der Waals surface area contributed by atoms with Crippen molar-refractivity contribution in [3.8, 4) is 17.2 Å². The molecule has 0 aliphatic carbocycles. The Morgan fingerprint density at radius 3 is 2.35 bits per heavy atom. The summed E-state index contributed by atoms with van der Waals surface area (Å²) in [4.78, 5) is 17.3. The van der Waals surface area contributed by atoms with Crippen molar-refractivity contribution in [3.05, 3.63) is 83.4 Å². The Labute approximate surface area is 204 Å². The molecule has 176 valence electrons. The van der Waals surface area contributed by atoms with Gasteiger partial charge in [0.25, 0.3) is 0 Å². The Balaban J connectivity index is 1.35. The number of piperidine rings is 1. The van der Waals surface area contributed by atoms with Crippen molar-refractivity contribution in [2.45, 2.75) is 35.3 Å². The zero-order valence-electron chi connectivity index (χ0n) is 19.1. The number of thioether (sulfide) groups is 1. The highest BCUT2D eigenvalue weighted by Gasteiger charge is 2.46. The van der Waals surface area contributed by atoms with Crippen LogP contribution in [-0.2, 0) is 11.2 Å². The molecule has 5 rings (SSSR count). The molecule has 3 aromatic carbocycles. The second-order valence-electron chi connectivity index (χ2n) is 9.05. The number of carbonyl (C=O) groups excluding carboxylic acids is 1. The summed E-state index contributed by atoms with van der Waals surface area (Å²) in [6.45, 7) is 3.85. The van der Waals surface area contributed by atoms with E-state index in [0.717, 1.165) is 41.4 Å². The van der Waals surface area contributed by atoms with E-state index in [0.29, 0.717) is 18.6 Å². The molecule has 1 unspecified atom stereocenters. The van der Waals surface area contributed by atoms with E-state index in [4.69, 9.17) is 4.74 Å². The number of aromatic hydroxyl groups is 2. The molecule has 5 nitrogen and oxygen atoms in total. The fourth-order valence-corrected chi connectivity index (χ4v) is 6.36. The van der Waals surface area contributed by atoms with Crippen LogP contribution in [0.3, 0.4) is 0 Å². The molecule has 2 heterocycles. The highest BCUT2D eigenvalue weighted by molar-refractivity contribution is 8.01. The number of carbonyl (C=O) groups is 1. The van der Waals surface area contributed by atoms with Crippen molar-refractivity contribution in [1.82, 2.24) is 4.90 Å². The van der Waals surface area contributed by atoms with Crippen LogP contribution in [-0.4, -0.2) is 47.1 Å². The van der Waals surface area contributed by atoms with Crippen molar-refractivity contribution >= 4 is 17.5 Å². The Morgan fingerprint density at radius 2 is 1.62 bits per heavy atom. The van der Waals surface area contributed by atoms with Crippen LogP contribution in [0.4, 0.5) is 0 Å². The maximum Gasteiger partial charge on any atom is 0.184 e. The quantitative estimate of drug-likeness (QED) is 0.447. The maximum atomic E-state index is 13.9.